The number of Topliss-reactive ketones (excluding diaryl/α,β-unsaturated/α-hetero) is 1. The molecule has 0 heterocycles. The van der Waals surface area contributed by atoms with Crippen molar-refractivity contribution in [2.24, 2.45) is 0 Å². The molecule has 0 saturated carbocycles. The first kappa shape index (κ1) is 10.2. The normalized spacial score (nSPS) is 11.1. The Kier molecular flexibility index (Phi) is 3.18. The molecule has 2 N–H and O–H groups in total. The highest BCUT2D eigenvalue weighted by atomic mass is 16.2. The van der Waals surface area contributed by atoms with Crippen molar-refractivity contribution in [2.75, 3.05) is 0 Å². The third-order valence-corrected chi connectivity index (χ3v) is 1.84. The second-order valence-electron chi connectivity index (χ2n) is 2.84. The van der Waals surface area contributed by atoms with Gasteiger partial charge in [0.1, 0.15) is 0 Å². The summed E-state index contributed by atoms with van der Waals surface area (Å²) in [7, 11) is 0. The fraction of sp³-hybridized carbons (Fsp3) is 0.0909. The summed E-state index contributed by atoms with van der Waals surface area (Å²) < 4.78 is 0. The molecule has 72 valence electrons. The molecule has 0 aliphatic carbocycles. The molecule has 0 aliphatic rings. The van der Waals surface area contributed by atoms with Gasteiger partial charge < -0.3 is 5.11 Å². The molecule has 14 heavy (non-hydrogen) atoms. The van der Waals surface area contributed by atoms with E-state index in [0.29, 0.717) is 11.8 Å². The summed E-state index contributed by atoms with van der Waals surface area (Å²) in [4.78, 5) is 11.0. The molecule has 3 nitrogen and oxygen atoms in total. The lowest BCUT2D eigenvalue weighted by molar-refractivity contribution is -0.113. The van der Waals surface area contributed by atoms with Gasteiger partial charge in [-0.3, -0.25) is 10.2 Å². The molecule has 1 aromatic carbocycles. The van der Waals surface area contributed by atoms with Gasteiger partial charge in [-0.2, -0.15) is 0 Å². The van der Waals surface area contributed by atoms with E-state index in [1.807, 2.05) is 6.07 Å². The minimum absolute atomic E-state index is 0.0243. The average Bonchev–Trinajstić information content (AvgIpc) is 2.19. The molecule has 0 aliphatic heterocycles. The molecule has 0 saturated heterocycles. The van der Waals surface area contributed by atoms with E-state index in [1.54, 1.807) is 24.3 Å². The van der Waals surface area contributed by atoms with Crippen LogP contribution in [0.15, 0.2) is 42.2 Å². The molecule has 0 fully saturated rings. The van der Waals surface area contributed by atoms with E-state index in [-0.39, 0.29) is 17.1 Å². The van der Waals surface area contributed by atoms with E-state index in [2.05, 4.69) is 0 Å². The Morgan fingerprint density at radius 1 is 1.36 bits per heavy atom. The summed E-state index contributed by atoms with van der Waals surface area (Å²) in [5, 5.41) is 16.5. The van der Waals surface area contributed by atoms with Crippen molar-refractivity contribution in [1.29, 1.82) is 5.41 Å². The van der Waals surface area contributed by atoms with Gasteiger partial charge in [0.15, 0.2) is 5.78 Å². The van der Waals surface area contributed by atoms with Crippen LogP contribution in [-0.4, -0.2) is 16.6 Å². The predicted octanol–water partition coefficient (Wildman–Crippen LogP) is 2.09. The Labute approximate surface area is 82.2 Å². The maximum Gasteiger partial charge on any atom is 0.165 e. The topological polar surface area (TPSA) is 61.1 Å². The monoisotopic (exact) mass is 189 g/mol. The standard InChI is InChI=1S/C11H11NO2/c1-8(14)10(7-13)11(12)9-5-3-2-4-6-9/h2-7,12-13H,1H3. The number of carbonyl (C=O) groups excluding carboxylic acids is 1. The fourth-order valence-electron chi connectivity index (χ4n) is 1.09. The molecule has 3 heteroatoms. The van der Waals surface area contributed by atoms with Crippen molar-refractivity contribution >= 4 is 11.5 Å². The van der Waals surface area contributed by atoms with Crippen LogP contribution in [0.25, 0.3) is 0 Å². The van der Waals surface area contributed by atoms with Crippen molar-refractivity contribution in [3.8, 4) is 0 Å². The molecular weight excluding hydrogens is 178 g/mol. The largest absolute Gasteiger partial charge is 0.515 e. The van der Waals surface area contributed by atoms with Crippen molar-refractivity contribution in [3.05, 3.63) is 47.7 Å². The highest BCUT2D eigenvalue weighted by molar-refractivity contribution is 6.26. The maximum atomic E-state index is 11.0. The number of rotatable bonds is 3. The summed E-state index contributed by atoms with van der Waals surface area (Å²) in [6, 6.07) is 8.81. The number of carbonyl (C=O) groups is 1. The van der Waals surface area contributed by atoms with E-state index in [1.165, 1.54) is 6.92 Å². The van der Waals surface area contributed by atoms with Crippen molar-refractivity contribution in [3.63, 3.8) is 0 Å². The van der Waals surface area contributed by atoms with Crippen molar-refractivity contribution < 1.29 is 9.90 Å². The van der Waals surface area contributed by atoms with Crippen molar-refractivity contribution in [2.45, 2.75) is 6.92 Å². The van der Waals surface area contributed by atoms with E-state index < -0.39 is 0 Å². The number of nitrogens with one attached hydrogen (secondary N) is 1. The molecular formula is C11H11NO2. The number of ketones is 1. The zero-order chi connectivity index (χ0) is 10.6. The molecule has 0 unspecified atom stereocenters. The first-order chi connectivity index (χ1) is 6.66. The lowest BCUT2D eigenvalue weighted by atomic mass is 10.0. The highest BCUT2D eigenvalue weighted by Gasteiger charge is 2.11. The molecule has 0 bridgehead atoms. The van der Waals surface area contributed by atoms with Crippen LogP contribution < -0.4 is 0 Å². The molecule has 0 radical (unpaired) electrons. The SMILES string of the molecule is CC(=O)C(=CO)C(=N)c1ccccc1. The number of hydrogen-bond acceptors (Lipinski definition) is 3. The Hall–Kier alpha value is -1.90. The molecule has 0 spiro atoms. The zero-order valence-electron chi connectivity index (χ0n) is 7.82. The summed E-state index contributed by atoms with van der Waals surface area (Å²) in [5.41, 5.74) is 0.680. The van der Waals surface area contributed by atoms with Gasteiger partial charge in [-0.1, -0.05) is 30.3 Å². The molecule has 1 aromatic rings. The lowest BCUT2D eigenvalue weighted by Crippen LogP contribution is -2.10. The third-order valence-electron chi connectivity index (χ3n) is 1.84. The number of aliphatic hydroxyl groups is 1. The molecule has 0 atom stereocenters. The first-order valence-corrected chi connectivity index (χ1v) is 4.16. The van der Waals surface area contributed by atoms with Crippen molar-refractivity contribution in [1.82, 2.24) is 0 Å². The summed E-state index contributed by atoms with van der Waals surface area (Å²) >= 11 is 0. The third kappa shape index (κ3) is 2.07. The Morgan fingerprint density at radius 2 is 1.93 bits per heavy atom. The van der Waals surface area contributed by atoms with Gasteiger partial charge in [0.05, 0.1) is 17.5 Å². The van der Waals surface area contributed by atoms with Gasteiger partial charge in [0.25, 0.3) is 0 Å². The summed E-state index contributed by atoms with van der Waals surface area (Å²) in [6.07, 6.45) is 0.678. The zero-order valence-corrected chi connectivity index (χ0v) is 7.82. The number of hydrogen-bond donors (Lipinski definition) is 2. The van der Waals surface area contributed by atoms with Gasteiger partial charge >= 0.3 is 0 Å². The van der Waals surface area contributed by atoms with Gasteiger partial charge in [0, 0.05) is 5.56 Å². The van der Waals surface area contributed by atoms with Gasteiger partial charge in [-0.15, -0.1) is 0 Å². The van der Waals surface area contributed by atoms with E-state index in [4.69, 9.17) is 10.5 Å². The van der Waals surface area contributed by atoms with Crippen LogP contribution in [-0.2, 0) is 4.79 Å². The quantitative estimate of drug-likeness (QED) is 0.434. The fourth-order valence-corrected chi connectivity index (χ4v) is 1.09. The van der Waals surface area contributed by atoms with E-state index in [9.17, 15) is 4.79 Å². The Bertz CT molecular complexity index is 380. The minimum atomic E-state index is -0.318. The van der Waals surface area contributed by atoms with Crippen LogP contribution in [0.5, 0.6) is 0 Å². The smallest absolute Gasteiger partial charge is 0.165 e. The number of benzene rings is 1. The van der Waals surface area contributed by atoms with E-state index >= 15 is 0 Å². The number of aliphatic hydroxyl groups excluding tert-OH is 1. The first-order valence-electron chi connectivity index (χ1n) is 4.16. The molecule has 0 aromatic heterocycles. The second-order valence-corrected chi connectivity index (χ2v) is 2.84. The summed E-state index contributed by atoms with van der Waals surface area (Å²) in [6.45, 7) is 1.32. The Balaban J connectivity index is 3.02. The van der Waals surface area contributed by atoms with Crippen LogP contribution in [0, 0.1) is 5.41 Å². The van der Waals surface area contributed by atoms with Crippen LogP contribution in [0.2, 0.25) is 0 Å². The van der Waals surface area contributed by atoms with Crippen LogP contribution in [0.1, 0.15) is 12.5 Å². The van der Waals surface area contributed by atoms with Crippen LogP contribution in [0.4, 0.5) is 0 Å². The molecule has 1 rings (SSSR count). The maximum absolute atomic E-state index is 11.0. The van der Waals surface area contributed by atoms with Crippen LogP contribution in [0.3, 0.4) is 0 Å². The Morgan fingerprint density at radius 3 is 2.36 bits per heavy atom. The van der Waals surface area contributed by atoms with Crippen LogP contribution >= 0.6 is 0 Å². The average molecular weight is 189 g/mol. The highest BCUT2D eigenvalue weighted by Crippen LogP contribution is 2.08. The summed E-state index contributed by atoms with van der Waals surface area (Å²) in [5.74, 6) is -0.318. The minimum Gasteiger partial charge on any atom is -0.515 e. The number of allylic oxidation sites excluding steroid dienone is 1. The predicted molar refractivity (Wildman–Crippen MR) is 54.7 cm³/mol. The second kappa shape index (κ2) is 4.37. The van der Waals surface area contributed by atoms with Gasteiger partial charge in [-0.25, -0.2) is 0 Å². The lowest BCUT2D eigenvalue weighted by Gasteiger charge is -2.03. The van der Waals surface area contributed by atoms with E-state index in [0.717, 1.165) is 0 Å². The van der Waals surface area contributed by atoms with Gasteiger partial charge in [0.2, 0.25) is 0 Å². The van der Waals surface area contributed by atoms with Gasteiger partial charge in [-0.05, 0) is 6.92 Å². The molecule has 0 amide bonds.